The van der Waals surface area contributed by atoms with Crippen LogP contribution in [0, 0.1) is 13.8 Å². The maximum absolute atomic E-state index is 12.8. The number of nitrogens with zero attached hydrogens (tertiary/aromatic N) is 1. The summed E-state index contributed by atoms with van der Waals surface area (Å²) in [7, 11) is 1.04. The van der Waals surface area contributed by atoms with Crippen molar-refractivity contribution in [3.05, 3.63) is 29.3 Å². The fourth-order valence-corrected chi connectivity index (χ4v) is 2.43. The molecule has 0 saturated carbocycles. The summed E-state index contributed by atoms with van der Waals surface area (Å²) >= 11 is 0. The number of carbonyl (C=O) groups is 1. The molecule has 122 valence electrons. The van der Waals surface area contributed by atoms with Crippen molar-refractivity contribution in [1.29, 1.82) is 0 Å². The summed E-state index contributed by atoms with van der Waals surface area (Å²) in [5.41, 5.74) is 0.642. The second-order valence-electron chi connectivity index (χ2n) is 5.69. The average molecular weight is 316 g/mol. The lowest BCUT2D eigenvalue weighted by Gasteiger charge is -2.49. The Hall–Kier alpha value is -1.60. The van der Waals surface area contributed by atoms with E-state index in [1.807, 2.05) is 26.0 Å². The molecule has 1 aromatic carbocycles. The SMILES string of the molecule is COC1(C(F)(F)F)CN(CC(=O)Nc2ccc(C)c(C)c2)C1. The van der Waals surface area contributed by atoms with E-state index < -0.39 is 11.8 Å². The Balaban J connectivity index is 1.88. The molecule has 0 unspecified atom stereocenters. The molecule has 4 nitrogen and oxygen atoms in total. The number of methoxy groups -OCH3 is 1. The highest BCUT2D eigenvalue weighted by atomic mass is 19.4. The van der Waals surface area contributed by atoms with Gasteiger partial charge in [0.15, 0.2) is 5.60 Å². The topological polar surface area (TPSA) is 41.6 Å². The van der Waals surface area contributed by atoms with Crippen LogP contribution in [0.15, 0.2) is 18.2 Å². The van der Waals surface area contributed by atoms with Gasteiger partial charge in [0, 0.05) is 25.9 Å². The molecule has 22 heavy (non-hydrogen) atoms. The van der Waals surface area contributed by atoms with Crippen molar-refractivity contribution in [2.24, 2.45) is 0 Å². The van der Waals surface area contributed by atoms with Crippen molar-refractivity contribution in [3.8, 4) is 0 Å². The summed E-state index contributed by atoms with van der Waals surface area (Å²) in [6, 6.07) is 5.48. The van der Waals surface area contributed by atoms with Crippen LogP contribution in [0.1, 0.15) is 11.1 Å². The maximum atomic E-state index is 12.8. The highest BCUT2D eigenvalue weighted by Gasteiger charge is 2.62. The van der Waals surface area contributed by atoms with E-state index in [1.165, 1.54) is 4.90 Å². The predicted molar refractivity (Wildman–Crippen MR) is 76.8 cm³/mol. The molecule has 1 N–H and O–H groups in total. The zero-order valence-electron chi connectivity index (χ0n) is 12.8. The van der Waals surface area contributed by atoms with Gasteiger partial charge >= 0.3 is 6.18 Å². The van der Waals surface area contributed by atoms with E-state index >= 15 is 0 Å². The van der Waals surface area contributed by atoms with Crippen molar-refractivity contribution >= 4 is 11.6 Å². The van der Waals surface area contributed by atoms with Gasteiger partial charge in [-0.2, -0.15) is 13.2 Å². The molecule has 0 atom stereocenters. The zero-order chi connectivity index (χ0) is 16.5. The predicted octanol–water partition coefficient (Wildman–Crippen LogP) is 2.51. The van der Waals surface area contributed by atoms with Gasteiger partial charge in [0.1, 0.15) is 0 Å². The number of halogens is 3. The van der Waals surface area contributed by atoms with Crippen LogP contribution in [0.3, 0.4) is 0 Å². The zero-order valence-corrected chi connectivity index (χ0v) is 12.8. The number of amides is 1. The van der Waals surface area contributed by atoms with Gasteiger partial charge in [-0.15, -0.1) is 0 Å². The van der Waals surface area contributed by atoms with Gasteiger partial charge in [-0.25, -0.2) is 0 Å². The van der Waals surface area contributed by atoms with E-state index in [0.29, 0.717) is 5.69 Å². The summed E-state index contributed by atoms with van der Waals surface area (Å²) in [6.45, 7) is 3.15. The van der Waals surface area contributed by atoms with Gasteiger partial charge in [-0.05, 0) is 37.1 Å². The quantitative estimate of drug-likeness (QED) is 0.928. The third-order valence-electron chi connectivity index (χ3n) is 4.02. The fraction of sp³-hybridized carbons (Fsp3) is 0.533. The summed E-state index contributed by atoms with van der Waals surface area (Å²) in [6.07, 6.45) is -4.43. The molecule has 1 aliphatic heterocycles. The number of rotatable bonds is 4. The highest BCUT2D eigenvalue weighted by molar-refractivity contribution is 5.92. The molecule has 0 aromatic heterocycles. The molecule has 1 aliphatic rings. The summed E-state index contributed by atoms with van der Waals surface area (Å²) in [5, 5.41) is 2.69. The van der Waals surface area contributed by atoms with Crippen molar-refractivity contribution in [2.45, 2.75) is 25.6 Å². The monoisotopic (exact) mass is 316 g/mol. The van der Waals surface area contributed by atoms with Gasteiger partial charge in [0.25, 0.3) is 0 Å². The Morgan fingerprint density at radius 1 is 1.32 bits per heavy atom. The lowest BCUT2D eigenvalue weighted by Crippen LogP contribution is -2.70. The Labute approximate surface area is 127 Å². The molecule has 1 heterocycles. The first kappa shape index (κ1) is 16.8. The molecule has 0 spiro atoms. The number of aryl methyl sites for hydroxylation is 2. The van der Waals surface area contributed by atoms with E-state index in [1.54, 1.807) is 6.07 Å². The van der Waals surface area contributed by atoms with Crippen LogP contribution in [0.4, 0.5) is 18.9 Å². The van der Waals surface area contributed by atoms with Crippen molar-refractivity contribution in [2.75, 3.05) is 32.1 Å². The largest absolute Gasteiger partial charge is 0.419 e. The van der Waals surface area contributed by atoms with Crippen LogP contribution in [0.5, 0.6) is 0 Å². The van der Waals surface area contributed by atoms with Crippen molar-refractivity contribution in [1.82, 2.24) is 4.90 Å². The lowest BCUT2D eigenvalue weighted by atomic mass is 9.93. The smallest absolute Gasteiger partial charge is 0.366 e. The molecule has 1 fully saturated rings. The van der Waals surface area contributed by atoms with Crippen LogP contribution < -0.4 is 5.32 Å². The Morgan fingerprint density at radius 3 is 2.45 bits per heavy atom. The Morgan fingerprint density at radius 2 is 1.95 bits per heavy atom. The number of ether oxygens (including phenoxy) is 1. The van der Waals surface area contributed by atoms with Crippen molar-refractivity contribution in [3.63, 3.8) is 0 Å². The van der Waals surface area contributed by atoms with E-state index in [4.69, 9.17) is 0 Å². The van der Waals surface area contributed by atoms with Crippen LogP contribution in [0.2, 0.25) is 0 Å². The minimum Gasteiger partial charge on any atom is -0.366 e. The molecular formula is C15H19F3N2O2. The molecular weight excluding hydrogens is 297 g/mol. The normalized spacial score (nSPS) is 17.9. The third-order valence-corrected chi connectivity index (χ3v) is 4.02. The van der Waals surface area contributed by atoms with Gasteiger partial charge in [0.2, 0.25) is 5.91 Å². The number of benzene rings is 1. The van der Waals surface area contributed by atoms with E-state index in [2.05, 4.69) is 10.1 Å². The third kappa shape index (κ3) is 3.25. The number of anilines is 1. The van der Waals surface area contributed by atoms with Gasteiger partial charge < -0.3 is 10.1 Å². The molecule has 0 aliphatic carbocycles. The highest BCUT2D eigenvalue weighted by Crippen LogP contribution is 2.40. The second-order valence-corrected chi connectivity index (χ2v) is 5.69. The number of hydrogen-bond acceptors (Lipinski definition) is 3. The van der Waals surface area contributed by atoms with Gasteiger partial charge in [-0.3, -0.25) is 9.69 Å². The minimum atomic E-state index is -4.43. The number of carbonyl (C=O) groups excluding carboxylic acids is 1. The Kier molecular flexibility index (Phi) is 4.49. The molecule has 1 aromatic rings. The molecule has 7 heteroatoms. The van der Waals surface area contributed by atoms with E-state index in [9.17, 15) is 18.0 Å². The summed E-state index contributed by atoms with van der Waals surface area (Å²) in [4.78, 5) is 13.3. The van der Waals surface area contributed by atoms with Crippen LogP contribution in [0.25, 0.3) is 0 Å². The number of likely N-dealkylation sites (tertiary alicyclic amines) is 1. The lowest BCUT2D eigenvalue weighted by molar-refractivity contribution is -0.309. The molecule has 0 bridgehead atoms. The Bertz CT molecular complexity index is 566. The van der Waals surface area contributed by atoms with E-state index in [0.717, 1.165) is 18.2 Å². The molecule has 1 saturated heterocycles. The first-order chi connectivity index (χ1) is 10.2. The molecule has 0 radical (unpaired) electrons. The number of nitrogens with one attached hydrogen (secondary N) is 1. The van der Waals surface area contributed by atoms with Crippen LogP contribution in [-0.2, 0) is 9.53 Å². The first-order valence-corrected chi connectivity index (χ1v) is 6.88. The first-order valence-electron chi connectivity index (χ1n) is 6.88. The summed E-state index contributed by atoms with van der Waals surface area (Å²) < 4.78 is 43.1. The van der Waals surface area contributed by atoms with E-state index in [-0.39, 0.29) is 25.5 Å². The van der Waals surface area contributed by atoms with Gasteiger partial charge in [-0.1, -0.05) is 6.07 Å². The number of alkyl halides is 3. The average Bonchev–Trinajstić information content (AvgIpc) is 2.36. The molecule has 1 amide bonds. The van der Waals surface area contributed by atoms with Crippen molar-refractivity contribution < 1.29 is 22.7 Å². The maximum Gasteiger partial charge on any atom is 0.419 e. The number of hydrogen-bond donors (Lipinski definition) is 1. The minimum absolute atomic E-state index is 0.0892. The van der Waals surface area contributed by atoms with Gasteiger partial charge in [0.05, 0.1) is 6.54 Å². The van der Waals surface area contributed by atoms with Crippen LogP contribution in [-0.4, -0.2) is 49.3 Å². The molecule has 2 rings (SSSR count). The fourth-order valence-electron chi connectivity index (χ4n) is 2.43. The standard InChI is InChI=1S/C15H19F3N2O2/c1-10-4-5-12(6-11(10)2)19-13(21)7-20-8-14(9-20,22-3)15(16,17)18/h4-6H,7-9H2,1-3H3,(H,19,21). The van der Waals surface area contributed by atoms with Crippen LogP contribution >= 0.6 is 0 Å². The second kappa shape index (κ2) is 5.89. The summed E-state index contributed by atoms with van der Waals surface area (Å²) in [5.74, 6) is -0.338.